The van der Waals surface area contributed by atoms with Crippen molar-refractivity contribution in [1.82, 2.24) is 19.6 Å². The molecular formula is C32H38N5O11Pr. The summed E-state index contributed by atoms with van der Waals surface area (Å²) in [4.78, 5) is 65.0. The van der Waals surface area contributed by atoms with Crippen LogP contribution < -0.4 is 20.6 Å². The molecule has 1 heterocycles. The average Bonchev–Trinajstić information content (AvgIpc) is 2.99. The van der Waals surface area contributed by atoms with Crippen LogP contribution in [0.2, 0.25) is 0 Å². The fraction of sp³-hybridized carbons (Fsp3) is 0.406. The minimum absolute atomic E-state index is 0. The fourth-order valence-electron chi connectivity index (χ4n) is 5.33. The number of carbonyl (C=O) groups excluding carboxylic acids is 4. The summed E-state index contributed by atoms with van der Waals surface area (Å²) in [5.41, 5.74) is 1.65. The number of aromatic hydroxyl groups is 2. The number of phenolic OH excluding ortho intramolecular Hbond substituents is 2. The van der Waals surface area contributed by atoms with Crippen LogP contribution in [0.25, 0.3) is 6.08 Å². The van der Waals surface area contributed by atoms with Crippen LogP contribution in [0.3, 0.4) is 0 Å². The Morgan fingerprint density at radius 2 is 1.29 bits per heavy atom. The molecule has 2 aromatic rings. The molecule has 1 atom stereocenters. The van der Waals surface area contributed by atoms with E-state index in [2.05, 4.69) is 5.32 Å². The molecule has 0 bridgehead atoms. The van der Waals surface area contributed by atoms with Gasteiger partial charge in [-0.3, -0.25) is 29.2 Å². The van der Waals surface area contributed by atoms with Crippen molar-refractivity contribution >= 4 is 41.5 Å². The number of amides is 1. The quantitative estimate of drug-likeness (QED) is 0.112. The molecular weight excluding hydrogens is 771 g/mol. The van der Waals surface area contributed by atoms with Gasteiger partial charge in [-0.2, -0.15) is 0 Å². The van der Waals surface area contributed by atoms with Crippen molar-refractivity contribution < 1.29 is 95.9 Å². The van der Waals surface area contributed by atoms with Gasteiger partial charge in [-0.05, 0) is 47.9 Å². The third-order valence-corrected chi connectivity index (χ3v) is 7.67. The van der Waals surface area contributed by atoms with E-state index in [1.165, 1.54) is 35.3 Å². The summed E-state index contributed by atoms with van der Waals surface area (Å²) < 4.78 is 0. The molecule has 0 saturated carbocycles. The predicted octanol–water partition coefficient (Wildman–Crippen LogP) is -3.78. The number of hydrogen-bond acceptors (Lipinski definition) is 14. The molecule has 0 aliphatic carbocycles. The Morgan fingerprint density at radius 3 is 1.86 bits per heavy atom. The van der Waals surface area contributed by atoms with Gasteiger partial charge < -0.3 is 50.3 Å². The summed E-state index contributed by atoms with van der Waals surface area (Å²) >= 11 is 0. The maximum Gasteiger partial charge on any atom is 3.00 e. The van der Waals surface area contributed by atoms with Crippen molar-refractivity contribution in [3.63, 3.8) is 0 Å². The number of rotatable bonds is 13. The van der Waals surface area contributed by atoms with E-state index in [-0.39, 0.29) is 112 Å². The number of phenols is 2. The molecule has 49 heavy (non-hydrogen) atoms. The molecule has 260 valence electrons. The Balaban J connectivity index is 0.00000833. The zero-order chi connectivity index (χ0) is 35.2. The number of anilines is 1. The molecule has 1 aliphatic rings. The molecule has 1 unspecified atom stereocenters. The van der Waals surface area contributed by atoms with Crippen molar-refractivity contribution in [2.24, 2.45) is 0 Å². The summed E-state index contributed by atoms with van der Waals surface area (Å²) in [6.07, 6.45) is 2.93. The van der Waals surface area contributed by atoms with E-state index in [4.69, 9.17) is 0 Å². The van der Waals surface area contributed by atoms with Gasteiger partial charge in [-0.1, -0.05) is 18.2 Å². The van der Waals surface area contributed by atoms with Gasteiger partial charge in [0, 0.05) is 83.3 Å². The van der Waals surface area contributed by atoms with Crippen molar-refractivity contribution in [3.05, 3.63) is 59.7 Å². The van der Waals surface area contributed by atoms with Crippen LogP contribution in [-0.4, -0.2) is 143 Å². The topological polar surface area (TPSA) is 240 Å². The Labute approximate surface area is 316 Å². The van der Waals surface area contributed by atoms with Gasteiger partial charge in [0.05, 0.1) is 24.5 Å². The van der Waals surface area contributed by atoms with Crippen LogP contribution in [0.15, 0.2) is 48.5 Å². The van der Waals surface area contributed by atoms with Crippen LogP contribution in [0.1, 0.15) is 11.1 Å². The molecule has 1 fully saturated rings. The first-order chi connectivity index (χ1) is 22.8. The number of hydrogen-bond donors (Lipinski definition) is 4. The van der Waals surface area contributed by atoms with Crippen molar-refractivity contribution in [3.8, 4) is 11.5 Å². The molecule has 1 aliphatic heterocycles. The minimum Gasteiger partial charge on any atom is -0.549 e. The average molecular weight is 810 g/mol. The standard InChI is InChI=1S/C32H41N5O11.Pr/c38-26-7-3-23(16-27(26)39)4-8-28(40)33-24-5-1-22(2-6-24)15-25-17-36(20-31(45)46)12-11-34(18-29(41)42)9-10-35(19-30(43)44)13-14-37(25)21-32(47)48;/h1-8,16,25,38-39H,9-15,17-21H2,(H,33,40)(H,41,42)(H,43,44)(H,45,46)(H,47,48);/q;+3/p-3/b8-4+;. The van der Waals surface area contributed by atoms with Gasteiger partial charge in [0.25, 0.3) is 0 Å². The number of carboxylic acid groups (broad SMARTS) is 4. The molecule has 1 amide bonds. The van der Waals surface area contributed by atoms with Crippen molar-refractivity contribution in [1.29, 1.82) is 0 Å². The number of nitrogens with one attached hydrogen (secondary N) is 1. The van der Waals surface area contributed by atoms with Gasteiger partial charge in [0.1, 0.15) is 0 Å². The van der Waals surface area contributed by atoms with Gasteiger partial charge in [-0.15, -0.1) is 0 Å². The summed E-state index contributed by atoms with van der Waals surface area (Å²) in [5.74, 6) is -6.29. The fourth-order valence-corrected chi connectivity index (χ4v) is 5.33. The second kappa shape index (κ2) is 20.8. The van der Waals surface area contributed by atoms with Crippen LogP contribution in [0, 0.1) is 41.3 Å². The molecule has 0 aromatic heterocycles. The number of carboxylic acids is 4. The normalized spacial score (nSPS) is 17.3. The molecule has 0 radical (unpaired) electrons. The number of benzene rings is 2. The van der Waals surface area contributed by atoms with E-state index in [0.29, 0.717) is 11.3 Å². The third kappa shape index (κ3) is 15.6. The Kier molecular flexibility index (Phi) is 17.6. The molecule has 2 aromatic carbocycles. The minimum atomic E-state index is -1.38. The summed E-state index contributed by atoms with van der Waals surface area (Å²) in [5, 5.41) is 66.0. The van der Waals surface area contributed by atoms with Crippen molar-refractivity contribution in [2.75, 3.05) is 77.3 Å². The van der Waals surface area contributed by atoms with Crippen LogP contribution in [0.4, 0.5) is 5.69 Å². The predicted molar refractivity (Wildman–Crippen MR) is 165 cm³/mol. The molecule has 4 N–H and O–H groups in total. The van der Waals surface area contributed by atoms with Gasteiger partial charge in [0.15, 0.2) is 11.5 Å². The molecule has 17 heteroatoms. The number of nitrogens with zero attached hydrogens (tertiary/aromatic N) is 4. The smallest absolute Gasteiger partial charge is 0.549 e. The van der Waals surface area contributed by atoms with Crippen LogP contribution in [0.5, 0.6) is 11.5 Å². The SMILES string of the molecule is O=C([O-])CN1CCN(CC(=O)O)CCN(CC(=O)[O-])CC(Cc2ccc(NC(=O)/C=C/c3ccc(O)c(O)c3)cc2)N(CC(=O)[O-])CC1.[Pr+3]. The maximum absolute atomic E-state index is 12.5. The summed E-state index contributed by atoms with van der Waals surface area (Å²) in [6.45, 7) is -1.03. The van der Waals surface area contributed by atoms with E-state index in [1.807, 2.05) is 0 Å². The second-order valence-corrected chi connectivity index (χ2v) is 11.4. The molecule has 16 nitrogen and oxygen atoms in total. The molecule has 3 rings (SSSR count). The Bertz CT molecular complexity index is 1470. The molecule has 0 spiro atoms. The first kappa shape index (κ1) is 41.5. The monoisotopic (exact) mass is 809 g/mol. The zero-order valence-electron chi connectivity index (χ0n) is 26.7. The molecule has 1 saturated heterocycles. The van der Waals surface area contributed by atoms with Crippen LogP contribution in [-0.2, 0) is 30.4 Å². The van der Waals surface area contributed by atoms with Gasteiger partial charge in [0.2, 0.25) is 5.91 Å². The summed E-state index contributed by atoms with van der Waals surface area (Å²) in [6, 6.07) is 10.2. The largest absolute Gasteiger partial charge is 3.00 e. The Morgan fingerprint density at radius 1 is 0.735 bits per heavy atom. The van der Waals surface area contributed by atoms with E-state index in [9.17, 15) is 54.6 Å². The van der Waals surface area contributed by atoms with Crippen LogP contribution >= 0.6 is 0 Å². The number of carbonyl (C=O) groups is 5. The second-order valence-electron chi connectivity index (χ2n) is 11.4. The van der Waals surface area contributed by atoms with Gasteiger partial charge in [-0.25, -0.2) is 0 Å². The van der Waals surface area contributed by atoms with E-state index in [1.54, 1.807) is 39.0 Å². The van der Waals surface area contributed by atoms with E-state index in [0.717, 1.165) is 5.56 Å². The third-order valence-electron chi connectivity index (χ3n) is 7.67. The summed E-state index contributed by atoms with van der Waals surface area (Å²) in [7, 11) is 0. The zero-order valence-corrected chi connectivity index (χ0v) is 30.4. The van der Waals surface area contributed by atoms with Crippen molar-refractivity contribution in [2.45, 2.75) is 12.5 Å². The van der Waals surface area contributed by atoms with E-state index >= 15 is 0 Å². The number of aliphatic carboxylic acids is 4. The first-order valence-corrected chi connectivity index (χ1v) is 15.1. The Hall–Kier alpha value is -3.67. The van der Waals surface area contributed by atoms with E-state index < -0.39 is 55.5 Å². The first-order valence-electron chi connectivity index (χ1n) is 15.1. The van der Waals surface area contributed by atoms with Gasteiger partial charge >= 0.3 is 47.3 Å². The maximum atomic E-state index is 12.5.